The van der Waals surface area contributed by atoms with E-state index in [1.807, 2.05) is 31.2 Å². The van der Waals surface area contributed by atoms with Gasteiger partial charge in [-0.2, -0.15) is 0 Å². The molecule has 1 saturated heterocycles. The number of halogens is 1. The number of nitrogens with one attached hydrogen (secondary N) is 2. The normalized spacial score (nSPS) is 16.1. The number of nitrogens with zero attached hydrogens (tertiary/aromatic N) is 4. The van der Waals surface area contributed by atoms with Crippen LogP contribution in [0.1, 0.15) is 13.3 Å². The molecule has 0 aliphatic carbocycles. The summed E-state index contributed by atoms with van der Waals surface area (Å²) in [7, 11) is 0. The first kappa shape index (κ1) is 21.1. The Balaban J connectivity index is 1.39. The molecule has 1 fully saturated rings. The topological polar surface area (TPSA) is 107 Å². The first-order chi connectivity index (χ1) is 14.9. The molecule has 3 aromatic rings. The predicted molar refractivity (Wildman–Crippen MR) is 121 cm³/mol. The summed E-state index contributed by atoms with van der Waals surface area (Å²) >= 11 is 6.10. The van der Waals surface area contributed by atoms with Gasteiger partial charge in [0.15, 0.2) is 0 Å². The van der Waals surface area contributed by atoms with E-state index >= 15 is 0 Å². The number of hydrogen-bond acceptors (Lipinski definition) is 6. The molecule has 1 amide bonds. The van der Waals surface area contributed by atoms with Crippen LogP contribution in [0.3, 0.4) is 0 Å². The molecule has 2 heterocycles. The summed E-state index contributed by atoms with van der Waals surface area (Å²) in [6.45, 7) is 4.93. The minimum atomic E-state index is -0.523. The lowest BCUT2D eigenvalue weighted by atomic mass is 10.2. The first-order valence-corrected chi connectivity index (χ1v) is 10.5. The number of hydrogen-bond donors (Lipinski definition) is 2. The van der Waals surface area contributed by atoms with Crippen molar-refractivity contribution in [1.29, 1.82) is 0 Å². The number of benzene rings is 2. The van der Waals surface area contributed by atoms with Crippen molar-refractivity contribution in [2.45, 2.75) is 19.4 Å². The van der Waals surface area contributed by atoms with Gasteiger partial charge in [-0.3, -0.25) is 19.8 Å². The first-order valence-electron chi connectivity index (χ1n) is 10.1. The number of fused-ring (bicyclic) bond motifs is 1. The van der Waals surface area contributed by atoms with Crippen LogP contribution in [0.2, 0.25) is 5.02 Å². The molecule has 1 aliphatic rings. The lowest BCUT2D eigenvalue weighted by molar-refractivity contribution is -0.384. The van der Waals surface area contributed by atoms with E-state index in [2.05, 4.69) is 25.1 Å². The van der Waals surface area contributed by atoms with E-state index in [-0.39, 0.29) is 22.7 Å². The van der Waals surface area contributed by atoms with E-state index in [0.717, 1.165) is 43.0 Å². The van der Waals surface area contributed by atoms with Crippen molar-refractivity contribution in [3.05, 3.63) is 57.6 Å². The Labute approximate surface area is 184 Å². The zero-order valence-corrected chi connectivity index (χ0v) is 17.8. The molecule has 0 saturated carbocycles. The van der Waals surface area contributed by atoms with Crippen molar-refractivity contribution >= 4 is 45.9 Å². The fraction of sp³-hybridized carbons (Fsp3) is 0.333. The van der Waals surface area contributed by atoms with Crippen LogP contribution in [-0.4, -0.2) is 57.9 Å². The SMILES string of the molecule is CC(C(=O)Nc1ccc([N+](=O)[O-])cc1Cl)N1CCCN(c2nc3ccccc3[nH]2)CC1. The second-order valence-corrected chi connectivity index (χ2v) is 7.95. The minimum Gasteiger partial charge on any atom is -0.341 e. The molecule has 0 spiro atoms. The molecule has 0 radical (unpaired) electrons. The number of nitro benzene ring substituents is 1. The maximum atomic E-state index is 12.8. The van der Waals surface area contributed by atoms with Gasteiger partial charge in [-0.25, -0.2) is 4.98 Å². The molecular formula is C21H23ClN6O3. The Morgan fingerprint density at radius 3 is 2.77 bits per heavy atom. The van der Waals surface area contributed by atoms with Crippen LogP contribution < -0.4 is 10.2 Å². The number of non-ortho nitro benzene ring substituents is 1. The van der Waals surface area contributed by atoms with E-state index in [9.17, 15) is 14.9 Å². The zero-order chi connectivity index (χ0) is 22.0. The summed E-state index contributed by atoms with van der Waals surface area (Å²) in [5.41, 5.74) is 2.19. The summed E-state index contributed by atoms with van der Waals surface area (Å²) in [5, 5.41) is 13.8. The number of carbonyl (C=O) groups excluding carboxylic acids is 1. The van der Waals surface area contributed by atoms with Crippen LogP contribution in [-0.2, 0) is 4.79 Å². The third-order valence-corrected chi connectivity index (χ3v) is 5.87. The maximum Gasteiger partial charge on any atom is 0.271 e. The third-order valence-electron chi connectivity index (χ3n) is 5.56. The van der Waals surface area contributed by atoms with Gasteiger partial charge in [0.1, 0.15) is 0 Å². The number of H-pyrrole nitrogens is 1. The van der Waals surface area contributed by atoms with Gasteiger partial charge in [-0.1, -0.05) is 23.7 Å². The molecule has 162 valence electrons. The van der Waals surface area contributed by atoms with Crippen molar-refractivity contribution < 1.29 is 9.72 Å². The van der Waals surface area contributed by atoms with Gasteiger partial charge in [0.2, 0.25) is 11.9 Å². The van der Waals surface area contributed by atoms with Crippen LogP contribution in [0, 0.1) is 10.1 Å². The Morgan fingerprint density at radius 1 is 1.23 bits per heavy atom. The van der Waals surface area contributed by atoms with Gasteiger partial charge >= 0.3 is 0 Å². The average molecular weight is 443 g/mol. The highest BCUT2D eigenvalue weighted by atomic mass is 35.5. The van der Waals surface area contributed by atoms with Crippen molar-refractivity contribution in [3.8, 4) is 0 Å². The highest BCUT2D eigenvalue weighted by Crippen LogP contribution is 2.27. The number of nitro groups is 1. The van der Waals surface area contributed by atoms with E-state index in [1.54, 1.807) is 0 Å². The average Bonchev–Trinajstić information content (AvgIpc) is 3.04. The minimum absolute atomic E-state index is 0.116. The molecule has 4 rings (SSSR count). The van der Waals surface area contributed by atoms with Gasteiger partial charge in [0.05, 0.1) is 32.7 Å². The summed E-state index contributed by atoms with van der Waals surface area (Å²) in [4.78, 5) is 35.5. The summed E-state index contributed by atoms with van der Waals surface area (Å²) in [6.07, 6.45) is 0.896. The van der Waals surface area contributed by atoms with E-state index in [4.69, 9.17) is 11.6 Å². The number of rotatable bonds is 5. The molecule has 2 aromatic carbocycles. The largest absolute Gasteiger partial charge is 0.341 e. The smallest absolute Gasteiger partial charge is 0.271 e. The van der Waals surface area contributed by atoms with Gasteiger partial charge in [0, 0.05) is 38.3 Å². The molecule has 31 heavy (non-hydrogen) atoms. The number of carbonyl (C=O) groups is 1. The molecule has 9 nitrogen and oxygen atoms in total. The van der Waals surface area contributed by atoms with E-state index in [0.29, 0.717) is 12.2 Å². The molecule has 1 atom stereocenters. The summed E-state index contributed by atoms with van der Waals surface area (Å²) in [6, 6.07) is 11.6. The highest BCUT2D eigenvalue weighted by Gasteiger charge is 2.25. The predicted octanol–water partition coefficient (Wildman–Crippen LogP) is 3.66. The van der Waals surface area contributed by atoms with Gasteiger partial charge in [0.25, 0.3) is 5.69 Å². The fourth-order valence-corrected chi connectivity index (χ4v) is 3.97. The molecule has 1 aromatic heterocycles. The second kappa shape index (κ2) is 8.91. The fourth-order valence-electron chi connectivity index (χ4n) is 3.75. The van der Waals surface area contributed by atoms with E-state index in [1.165, 1.54) is 18.2 Å². The number of para-hydroxylation sites is 2. The van der Waals surface area contributed by atoms with Crippen LogP contribution in [0.25, 0.3) is 11.0 Å². The molecule has 1 unspecified atom stereocenters. The number of amides is 1. The van der Waals surface area contributed by atoms with Crippen LogP contribution in [0.15, 0.2) is 42.5 Å². The van der Waals surface area contributed by atoms with Gasteiger partial charge in [-0.05, 0) is 31.5 Å². The number of aromatic amines is 1. The summed E-state index contributed by atoms with van der Waals surface area (Å²) < 4.78 is 0. The van der Waals surface area contributed by atoms with Crippen LogP contribution in [0.5, 0.6) is 0 Å². The van der Waals surface area contributed by atoms with Crippen molar-refractivity contribution in [3.63, 3.8) is 0 Å². The van der Waals surface area contributed by atoms with Crippen molar-refractivity contribution in [2.24, 2.45) is 0 Å². The number of anilines is 2. The van der Waals surface area contributed by atoms with Crippen LogP contribution in [0.4, 0.5) is 17.3 Å². The van der Waals surface area contributed by atoms with Crippen LogP contribution >= 0.6 is 11.6 Å². The third kappa shape index (κ3) is 4.62. The Morgan fingerprint density at radius 2 is 2.03 bits per heavy atom. The number of aromatic nitrogens is 2. The lowest BCUT2D eigenvalue weighted by Crippen LogP contribution is -2.44. The summed E-state index contributed by atoms with van der Waals surface area (Å²) in [5.74, 6) is 0.644. The quantitative estimate of drug-likeness (QED) is 0.461. The number of imidazole rings is 1. The Hall–Kier alpha value is -3.17. The standard InChI is InChI=1S/C21H23ClN6O3/c1-14(20(29)23-17-8-7-15(28(30)31)13-16(17)22)26-9-4-10-27(12-11-26)21-24-18-5-2-3-6-19(18)25-21/h2-3,5-8,13-14H,4,9-12H2,1H3,(H,23,29)(H,24,25). The zero-order valence-electron chi connectivity index (χ0n) is 17.0. The Kier molecular flexibility index (Phi) is 6.06. The van der Waals surface area contributed by atoms with Gasteiger partial charge < -0.3 is 15.2 Å². The van der Waals surface area contributed by atoms with Crippen molar-refractivity contribution in [2.75, 3.05) is 36.4 Å². The maximum absolute atomic E-state index is 12.8. The molecular weight excluding hydrogens is 420 g/mol. The monoisotopic (exact) mass is 442 g/mol. The van der Waals surface area contributed by atoms with Crippen molar-refractivity contribution in [1.82, 2.24) is 14.9 Å². The Bertz CT molecular complexity index is 1080. The van der Waals surface area contributed by atoms with Gasteiger partial charge in [-0.15, -0.1) is 0 Å². The second-order valence-electron chi connectivity index (χ2n) is 7.54. The van der Waals surface area contributed by atoms with E-state index < -0.39 is 4.92 Å². The lowest BCUT2D eigenvalue weighted by Gasteiger charge is -2.27. The molecule has 0 bridgehead atoms. The molecule has 1 aliphatic heterocycles. The highest BCUT2D eigenvalue weighted by molar-refractivity contribution is 6.34. The molecule has 10 heteroatoms. The molecule has 2 N–H and O–H groups in total.